The number of anilines is 1. The fourth-order valence-corrected chi connectivity index (χ4v) is 4.37. The third-order valence-corrected chi connectivity index (χ3v) is 5.85. The highest BCUT2D eigenvalue weighted by Gasteiger charge is 2.28. The largest absolute Gasteiger partial charge is 0.484 e. The Morgan fingerprint density at radius 1 is 1.18 bits per heavy atom. The van der Waals surface area contributed by atoms with Gasteiger partial charge in [-0.25, -0.2) is 4.68 Å². The van der Waals surface area contributed by atoms with E-state index in [9.17, 15) is 9.00 Å². The molecule has 0 radical (unpaired) electrons. The van der Waals surface area contributed by atoms with E-state index in [0.717, 1.165) is 22.5 Å². The van der Waals surface area contributed by atoms with Gasteiger partial charge in [0.05, 0.1) is 22.9 Å². The number of benzene rings is 2. The first-order chi connectivity index (χ1) is 13.5. The van der Waals surface area contributed by atoms with Crippen molar-refractivity contribution < 1.29 is 13.7 Å². The minimum Gasteiger partial charge on any atom is -0.484 e. The lowest BCUT2D eigenvalue weighted by molar-refractivity contribution is -0.118. The van der Waals surface area contributed by atoms with Crippen LogP contribution in [0.25, 0.3) is 5.69 Å². The van der Waals surface area contributed by atoms with E-state index in [2.05, 4.69) is 10.4 Å². The van der Waals surface area contributed by atoms with Gasteiger partial charge in [-0.2, -0.15) is 5.10 Å². The van der Waals surface area contributed by atoms with Gasteiger partial charge in [0.2, 0.25) is 0 Å². The van der Waals surface area contributed by atoms with Crippen molar-refractivity contribution in [1.82, 2.24) is 9.78 Å². The van der Waals surface area contributed by atoms with E-state index in [-0.39, 0.29) is 12.5 Å². The highest BCUT2D eigenvalue weighted by atomic mass is 35.5. The van der Waals surface area contributed by atoms with E-state index in [1.807, 2.05) is 31.2 Å². The van der Waals surface area contributed by atoms with Gasteiger partial charge in [-0.1, -0.05) is 29.3 Å². The highest BCUT2D eigenvalue weighted by molar-refractivity contribution is 7.83. The molecule has 0 spiro atoms. The smallest absolute Gasteiger partial charge is 0.263 e. The fraction of sp³-hybridized carbons (Fsp3) is 0.200. The van der Waals surface area contributed by atoms with Crippen LogP contribution in [-0.4, -0.2) is 26.5 Å². The molecule has 28 heavy (non-hydrogen) atoms. The van der Waals surface area contributed by atoms with Crippen LogP contribution in [0.15, 0.2) is 48.5 Å². The first-order valence-corrected chi connectivity index (χ1v) is 10.6. The number of fused-ring (bicyclic) bond motifs is 1. The molecule has 3 aromatic rings. The van der Waals surface area contributed by atoms with E-state index in [4.69, 9.17) is 16.3 Å². The SMILES string of the molecule is Cc1ccc(-n2nc3c(c2NC(=O)COc2ccc(Cl)cc2)C[S@](=O)C3)cc1. The normalized spacial score (nSPS) is 15.3. The summed E-state index contributed by atoms with van der Waals surface area (Å²) in [6, 6.07) is 14.6. The number of aryl methyl sites for hydroxylation is 1. The summed E-state index contributed by atoms with van der Waals surface area (Å²) in [6.45, 7) is 1.85. The van der Waals surface area contributed by atoms with Crippen LogP contribution in [0.5, 0.6) is 5.75 Å². The van der Waals surface area contributed by atoms with Crippen molar-refractivity contribution in [2.75, 3.05) is 11.9 Å². The zero-order valence-electron chi connectivity index (χ0n) is 15.1. The van der Waals surface area contributed by atoms with Crippen LogP contribution < -0.4 is 10.1 Å². The first-order valence-electron chi connectivity index (χ1n) is 8.70. The van der Waals surface area contributed by atoms with E-state index in [0.29, 0.717) is 28.1 Å². The first kappa shape index (κ1) is 18.7. The van der Waals surface area contributed by atoms with Crippen LogP contribution >= 0.6 is 11.6 Å². The van der Waals surface area contributed by atoms with Gasteiger partial charge in [-0.3, -0.25) is 9.00 Å². The van der Waals surface area contributed by atoms with Gasteiger partial charge >= 0.3 is 0 Å². The van der Waals surface area contributed by atoms with Gasteiger partial charge in [0, 0.05) is 21.4 Å². The Hall–Kier alpha value is -2.64. The van der Waals surface area contributed by atoms with Crippen molar-refractivity contribution in [3.63, 3.8) is 0 Å². The number of hydrogen-bond donors (Lipinski definition) is 1. The van der Waals surface area contributed by atoms with E-state index in [1.165, 1.54) is 0 Å². The van der Waals surface area contributed by atoms with E-state index >= 15 is 0 Å². The Bertz CT molecular complexity index is 1050. The predicted molar refractivity (Wildman–Crippen MR) is 109 cm³/mol. The molecular weight excluding hydrogens is 398 g/mol. The Morgan fingerprint density at radius 2 is 1.89 bits per heavy atom. The Kier molecular flexibility index (Phi) is 5.19. The molecule has 2 aromatic carbocycles. The highest BCUT2D eigenvalue weighted by Crippen LogP contribution is 2.31. The summed E-state index contributed by atoms with van der Waals surface area (Å²) in [5.41, 5.74) is 3.54. The second kappa shape index (κ2) is 7.77. The maximum absolute atomic E-state index is 12.5. The van der Waals surface area contributed by atoms with E-state index < -0.39 is 10.8 Å². The van der Waals surface area contributed by atoms with Crippen LogP contribution in [0.1, 0.15) is 16.8 Å². The van der Waals surface area contributed by atoms with Crippen molar-refractivity contribution >= 4 is 34.1 Å². The van der Waals surface area contributed by atoms with Crippen LogP contribution in [0, 0.1) is 6.92 Å². The standard InChI is InChI=1S/C20H18ClN3O3S/c1-13-2-6-15(7-3-13)24-20(17-11-28(26)12-18(17)23-24)22-19(25)10-27-16-8-4-14(21)5-9-16/h2-9H,10-12H2,1H3,(H,22,25)/t28-/m0/s1. The van der Waals surface area contributed by atoms with Crippen LogP contribution in [0.3, 0.4) is 0 Å². The molecule has 1 aromatic heterocycles. The fourth-order valence-electron chi connectivity index (χ4n) is 2.98. The van der Waals surface area contributed by atoms with Crippen molar-refractivity contribution in [1.29, 1.82) is 0 Å². The topological polar surface area (TPSA) is 73.2 Å². The number of nitrogens with one attached hydrogen (secondary N) is 1. The number of ether oxygens (including phenoxy) is 1. The maximum atomic E-state index is 12.5. The Balaban J connectivity index is 1.55. The van der Waals surface area contributed by atoms with Gasteiger partial charge in [-0.05, 0) is 43.3 Å². The summed E-state index contributed by atoms with van der Waals surface area (Å²) >= 11 is 5.85. The number of aromatic nitrogens is 2. The molecule has 0 aliphatic carbocycles. The lowest BCUT2D eigenvalue weighted by atomic mass is 10.2. The maximum Gasteiger partial charge on any atom is 0.263 e. The number of halogens is 1. The number of nitrogens with zero attached hydrogens (tertiary/aromatic N) is 2. The van der Waals surface area contributed by atoms with Gasteiger partial charge < -0.3 is 10.1 Å². The molecule has 1 aliphatic rings. The number of rotatable bonds is 5. The summed E-state index contributed by atoms with van der Waals surface area (Å²) in [4.78, 5) is 12.5. The van der Waals surface area contributed by atoms with Gasteiger partial charge in [0.1, 0.15) is 11.6 Å². The van der Waals surface area contributed by atoms with Gasteiger partial charge in [0.15, 0.2) is 6.61 Å². The molecule has 6 nitrogen and oxygen atoms in total. The molecule has 0 unspecified atom stereocenters. The third-order valence-electron chi connectivity index (χ3n) is 4.39. The molecule has 1 atom stereocenters. The average molecular weight is 416 g/mol. The zero-order chi connectivity index (χ0) is 19.7. The zero-order valence-corrected chi connectivity index (χ0v) is 16.7. The molecule has 2 heterocycles. The molecule has 8 heteroatoms. The molecule has 1 aliphatic heterocycles. The molecule has 1 N–H and O–H groups in total. The predicted octanol–water partition coefficient (Wildman–Crippen LogP) is 3.61. The van der Waals surface area contributed by atoms with Crippen molar-refractivity contribution in [2.24, 2.45) is 0 Å². The quantitative estimate of drug-likeness (QED) is 0.690. The van der Waals surface area contributed by atoms with Gasteiger partial charge in [0.25, 0.3) is 5.91 Å². The van der Waals surface area contributed by atoms with Crippen molar-refractivity contribution in [3.8, 4) is 11.4 Å². The molecule has 0 saturated carbocycles. The summed E-state index contributed by atoms with van der Waals surface area (Å²) in [5.74, 6) is 1.57. The number of hydrogen-bond acceptors (Lipinski definition) is 4. The molecule has 144 valence electrons. The molecule has 0 fully saturated rings. The second-order valence-electron chi connectivity index (χ2n) is 6.54. The number of carbonyl (C=O) groups is 1. The minimum absolute atomic E-state index is 0.154. The Labute approximate surface area is 169 Å². The molecule has 0 saturated heterocycles. The lowest BCUT2D eigenvalue weighted by Crippen LogP contribution is -2.22. The molecular formula is C20H18ClN3O3S. The molecule has 0 bridgehead atoms. The average Bonchev–Trinajstić information content (AvgIpc) is 3.19. The van der Waals surface area contributed by atoms with Crippen LogP contribution in [-0.2, 0) is 27.1 Å². The lowest BCUT2D eigenvalue weighted by Gasteiger charge is -2.12. The van der Waals surface area contributed by atoms with Crippen LogP contribution in [0.2, 0.25) is 5.02 Å². The second-order valence-corrected chi connectivity index (χ2v) is 8.43. The van der Waals surface area contributed by atoms with Crippen molar-refractivity contribution in [3.05, 3.63) is 70.4 Å². The van der Waals surface area contributed by atoms with Crippen LogP contribution in [0.4, 0.5) is 5.82 Å². The van der Waals surface area contributed by atoms with Crippen molar-refractivity contribution in [2.45, 2.75) is 18.4 Å². The van der Waals surface area contributed by atoms with Gasteiger partial charge in [-0.15, -0.1) is 0 Å². The van der Waals surface area contributed by atoms with E-state index in [1.54, 1.807) is 28.9 Å². The number of carbonyl (C=O) groups excluding carboxylic acids is 1. The molecule has 4 rings (SSSR count). The number of amides is 1. The third kappa shape index (κ3) is 3.95. The summed E-state index contributed by atoms with van der Waals surface area (Å²) in [5, 5.41) is 8.06. The Morgan fingerprint density at radius 3 is 2.61 bits per heavy atom. The summed E-state index contributed by atoms with van der Waals surface area (Å²) < 4.78 is 19.2. The monoisotopic (exact) mass is 415 g/mol. The minimum atomic E-state index is -0.988. The molecule has 1 amide bonds. The summed E-state index contributed by atoms with van der Waals surface area (Å²) in [6.07, 6.45) is 0. The summed E-state index contributed by atoms with van der Waals surface area (Å²) in [7, 11) is -0.988.